The van der Waals surface area contributed by atoms with Crippen LogP contribution in [0, 0.1) is 0 Å². The van der Waals surface area contributed by atoms with Gasteiger partial charge in [0.25, 0.3) is 0 Å². The van der Waals surface area contributed by atoms with E-state index in [2.05, 4.69) is 14.9 Å². The second-order valence-electron chi connectivity index (χ2n) is 5.70. The normalized spacial score (nSPS) is 10.8. The van der Waals surface area contributed by atoms with Gasteiger partial charge in [0.1, 0.15) is 11.6 Å². The van der Waals surface area contributed by atoms with Crippen molar-refractivity contribution in [3.8, 4) is 5.75 Å². The Hall–Kier alpha value is -2.82. The van der Waals surface area contributed by atoms with Crippen molar-refractivity contribution in [1.82, 2.24) is 14.9 Å². The number of fused-ring (bicyclic) bond motifs is 1. The summed E-state index contributed by atoms with van der Waals surface area (Å²) >= 11 is 0. The van der Waals surface area contributed by atoms with Crippen molar-refractivity contribution in [3.05, 3.63) is 59.9 Å². The molecule has 2 aromatic carbocycles. The van der Waals surface area contributed by atoms with Crippen molar-refractivity contribution in [2.75, 3.05) is 13.7 Å². The third kappa shape index (κ3) is 3.56. The van der Waals surface area contributed by atoms with E-state index in [-0.39, 0.29) is 5.91 Å². The number of aromatic nitrogens is 2. The summed E-state index contributed by atoms with van der Waals surface area (Å²) in [6, 6.07) is 15.6. The predicted octanol–water partition coefficient (Wildman–Crippen LogP) is 2.48. The van der Waals surface area contributed by atoms with Crippen LogP contribution in [0.5, 0.6) is 5.75 Å². The average Bonchev–Trinajstić information content (AvgIpc) is 2.91. The molecular weight excluding hydrogens is 302 g/mol. The van der Waals surface area contributed by atoms with Crippen LogP contribution >= 0.6 is 0 Å². The molecule has 0 aliphatic heterocycles. The number of nitrogens with zero attached hydrogens (tertiary/aromatic N) is 2. The maximum Gasteiger partial charge on any atom is 0.224 e. The SMILES string of the molecule is COc1cccc(CC(=O)NCCc2nc3ccccc3n2C)c1. The molecular formula is C19H21N3O2. The summed E-state index contributed by atoms with van der Waals surface area (Å²) in [5.41, 5.74) is 3.03. The van der Waals surface area contributed by atoms with E-state index in [4.69, 9.17) is 4.74 Å². The van der Waals surface area contributed by atoms with E-state index in [9.17, 15) is 4.79 Å². The Labute approximate surface area is 141 Å². The topological polar surface area (TPSA) is 56.1 Å². The summed E-state index contributed by atoms with van der Waals surface area (Å²) in [4.78, 5) is 16.7. The lowest BCUT2D eigenvalue weighted by atomic mass is 10.1. The van der Waals surface area contributed by atoms with Crippen LogP contribution in [0.1, 0.15) is 11.4 Å². The summed E-state index contributed by atoms with van der Waals surface area (Å²) < 4.78 is 7.25. The minimum Gasteiger partial charge on any atom is -0.497 e. The van der Waals surface area contributed by atoms with Crippen molar-refractivity contribution in [2.45, 2.75) is 12.8 Å². The smallest absolute Gasteiger partial charge is 0.224 e. The Morgan fingerprint density at radius 3 is 2.83 bits per heavy atom. The molecule has 0 saturated carbocycles. The van der Waals surface area contributed by atoms with Crippen LogP contribution in [0.25, 0.3) is 11.0 Å². The number of para-hydroxylation sites is 2. The molecule has 0 saturated heterocycles. The van der Waals surface area contributed by atoms with Crippen LogP contribution in [-0.2, 0) is 24.7 Å². The maximum absolute atomic E-state index is 12.1. The molecule has 24 heavy (non-hydrogen) atoms. The number of rotatable bonds is 6. The van der Waals surface area contributed by atoms with Crippen LogP contribution in [-0.4, -0.2) is 29.1 Å². The molecule has 0 atom stereocenters. The maximum atomic E-state index is 12.1. The lowest BCUT2D eigenvalue weighted by Crippen LogP contribution is -2.27. The molecule has 0 spiro atoms. The highest BCUT2D eigenvalue weighted by atomic mass is 16.5. The summed E-state index contributed by atoms with van der Waals surface area (Å²) in [5, 5.41) is 2.96. The Morgan fingerprint density at radius 1 is 1.21 bits per heavy atom. The molecule has 0 fully saturated rings. The van der Waals surface area contributed by atoms with E-state index in [0.717, 1.165) is 28.2 Å². The number of benzene rings is 2. The minimum absolute atomic E-state index is 0.00187. The largest absolute Gasteiger partial charge is 0.497 e. The first-order valence-corrected chi connectivity index (χ1v) is 7.97. The molecule has 1 heterocycles. The fourth-order valence-electron chi connectivity index (χ4n) is 2.76. The lowest BCUT2D eigenvalue weighted by molar-refractivity contribution is -0.120. The molecule has 0 unspecified atom stereocenters. The fraction of sp³-hybridized carbons (Fsp3) is 0.263. The van der Waals surface area contributed by atoms with E-state index in [1.807, 2.05) is 55.6 Å². The summed E-state index contributed by atoms with van der Waals surface area (Å²) in [6.07, 6.45) is 1.05. The number of ether oxygens (including phenoxy) is 1. The summed E-state index contributed by atoms with van der Waals surface area (Å²) in [6.45, 7) is 0.569. The van der Waals surface area contributed by atoms with Crippen molar-refractivity contribution < 1.29 is 9.53 Å². The Morgan fingerprint density at radius 2 is 2.04 bits per heavy atom. The summed E-state index contributed by atoms with van der Waals surface area (Å²) in [7, 11) is 3.62. The van der Waals surface area contributed by atoms with Gasteiger partial charge in [-0.2, -0.15) is 0 Å². The van der Waals surface area contributed by atoms with E-state index in [1.54, 1.807) is 7.11 Å². The third-order valence-corrected chi connectivity index (χ3v) is 4.05. The van der Waals surface area contributed by atoms with Gasteiger partial charge >= 0.3 is 0 Å². The van der Waals surface area contributed by atoms with Gasteiger partial charge in [-0.1, -0.05) is 24.3 Å². The second kappa shape index (κ2) is 7.17. The number of imidazole rings is 1. The van der Waals surface area contributed by atoms with Crippen LogP contribution in [0.2, 0.25) is 0 Å². The molecule has 5 heteroatoms. The van der Waals surface area contributed by atoms with Gasteiger partial charge in [-0.3, -0.25) is 4.79 Å². The zero-order chi connectivity index (χ0) is 16.9. The van der Waals surface area contributed by atoms with Gasteiger partial charge in [-0.05, 0) is 29.8 Å². The number of carbonyl (C=O) groups is 1. The number of methoxy groups -OCH3 is 1. The Bertz CT molecular complexity index is 855. The average molecular weight is 323 g/mol. The van der Waals surface area contributed by atoms with E-state index in [1.165, 1.54) is 0 Å². The number of aryl methyl sites for hydroxylation is 1. The Kier molecular flexibility index (Phi) is 4.79. The van der Waals surface area contributed by atoms with Gasteiger partial charge in [0.15, 0.2) is 0 Å². The van der Waals surface area contributed by atoms with Crippen molar-refractivity contribution in [3.63, 3.8) is 0 Å². The number of hydrogen-bond donors (Lipinski definition) is 1. The molecule has 0 bridgehead atoms. The lowest BCUT2D eigenvalue weighted by Gasteiger charge is -2.07. The number of hydrogen-bond acceptors (Lipinski definition) is 3. The van der Waals surface area contributed by atoms with Crippen LogP contribution in [0.4, 0.5) is 0 Å². The first-order chi connectivity index (χ1) is 11.7. The third-order valence-electron chi connectivity index (χ3n) is 4.05. The molecule has 0 aliphatic carbocycles. The molecule has 124 valence electrons. The van der Waals surface area contributed by atoms with Gasteiger partial charge in [-0.15, -0.1) is 0 Å². The van der Waals surface area contributed by atoms with Crippen LogP contribution in [0.3, 0.4) is 0 Å². The van der Waals surface area contributed by atoms with Gasteiger partial charge < -0.3 is 14.6 Å². The first kappa shape index (κ1) is 16.1. The number of nitrogens with one attached hydrogen (secondary N) is 1. The van der Waals surface area contributed by atoms with Gasteiger partial charge in [0, 0.05) is 20.0 Å². The zero-order valence-electron chi connectivity index (χ0n) is 14.0. The number of carbonyl (C=O) groups excluding carboxylic acids is 1. The van der Waals surface area contributed by atoms with E-state index in [0.29, 0.717) is 19.4 Å². The van der Waals surface area contributed by atoms with Crippen molar-refractivity contribution in [2.24, 2.45) is 7.05 Å². The van der Waals surface area contributed by atoms with Crippen LogP contribution in [0.15, 0.2) is 48.5 Å². The molecule has 3 rings (SSSR count). The molecule has 3 aromatic rings. The molecule has 1 N–H and O–H groups in total. The first-order valence-electron chi connectivity index (χ1n) is 7.97. The zero-order valence-corrected chi connectivity index (χ0v) is 14.0. The van der Waals surface area contributed by atoms with Gasteiger partial charge in [0.05, 0.1) is 24.6 Å². The van der Waals surface area contributed by atoms with Gasteiger partial charge in [-0.25, -0.2) is 4.98 Å². The van der Waals surface area contributed by atoms with Crippen LogP contribution < -0.4 is 10.1 Å². The molecule has 0 aliphatic rings. The number of amides is 1. The van der Waals surface area contributed by atoms with Crippen molar-refractivity contribution >= 4 is 16.9 Å². The summed E-state index contributed by atoms with van der Waals surface area (Å²) in [5.74, 6) is 1.74. The molecule has 1 aromatic heterocycles. The second-order valence-corrected chi connectivity index (χ2v) is 5.70. The highest BCUT2D eigenvalue weighted by Gasteiger charge is 2.08. The highest BCUT2D eigenvalue weighted by Crippen LogP contribution is 2.14. The minimum atomic E-state index is 0.00187. The molecule has 5 nitrogen and oxygen atoms in total. The molecule has 1 amide bonds. The van der Waals surface area contributed by atoms with E-state index < -0.39 is 0 Å². The monoisotopic (exact) mass is 323 g/mol. The molecule has 0 radical (unpaired) electrons. The van der Waals surface area contributed by atoms with Gasteiger partial charge in [0.2, 0.25) is 5.91 Å². The fourth-order valence-corrected chi connectivity index (χ4v) is 2.76. The highest BCUT2D eigenvalue weighted by molar-refractivity contribution is 5.78. The quantitative estimate of drug-likeness (QED) is 0.758. The standard InChI is InChI=1S/C19H21N3O2/c1-22-17-9-4-3-8-16(17)21-18(22)10-11-20-19(23)13-14-6-5-7-15(12-14)24-2/h3-9,12H,10-11,13H2,1-2H3,(H,20,23). The Balaban J connectivity index is 1.55. The van der Waals surface area contributed by atoms with E-state index >= 15 is 0 Å². The van der Waals surface area contributed by atoms with Crippen molar-refractivity contribution in [1.29, 1.82) is 0 Å². The predicted molar refractivity (Wildman–Crippen MR) is 94.1 cm³/mol.